The number of hydrogen-bond acceptors (Lipinski definition) is 3. The van der Waals surface area contributed by atoms with Gasteiger partial charge in [0.25, 0.3) is 0 Å². The van der Waals surface area contributed by atoms with Crippen molar-refractivity contribution in [3.8, 4) is 23.3 Å². The number of nitriles is 2. The van der Waals surface area contributed by atoms with Crippen molar-refractivity contribution in [2.75, 3.05) is 5.32 Å². The second-order valence-electron chi connectivity index (χ2n) is 5.36. The lowest BCUT2D eigenvalue weighted by Gasteiger charge is -2.04. The first-order valence-electron chi connectivity index (χ1n) is 7.08. The number of carbonyl (C=O) groups is 1. The fourth-order valence-corrected chi connectivity index (χ4v) is 3.09. The van der Waals surface area contributed by atoms with Crippen LogP contribution in [-0.4, -0.2) is 10.5 Å². The third-order valence-corrected chi connectivity index (χ3v) is 4.07. The molecule has 0 fully saturated rings. The summed E-state index contributed by atoms with van der Waals surface area (Å²) in [5.41, 5.74) is 3.29. The average molecular weight is 298 g/mol. The molecular weight excluding hydrogens is 288 g/mol. The Hall–Kier alpha value is -3.57. The minimum absolute atomic E-state index is 0.0815. The van der Waals surface area contributed by atoms with Crippen molar-refractivity contribution in [2.45, 2.75) is 6.54 Å². The van der Waals surface area contributed by atoms with Gasteiger partial charge in [0, 0.05) is 10.9 Å². The van der Waals surface area contributed by atoms with Gasteiger partial charge in [0.15, 0.2) is 0 Å². The van der Waals surface area contributed by atoms with Crippen LogP contribution in [0.3, 0.4) is 0 Å². The predicted octanol–water partition coefficient (Wildman–Crippen LogP) is 3.00. The van der Waals surface area contributed by atoms with Gasteiger partial charge in [0.05, 0.1) is 16.6 Å². The number of anilines is 1. The van der Waals surface area contributed by atoms with E-state index >= 15 is 0 Å². The zero-order valence-electron chi connectivity index (χ0n) is 12.0. The summed E-state index contributed by atoms with van der Waals surface area (Å²) in [5.74, 6) is 0.636. The van der Waals surface area contributed by atoms with Crippen LogP contribution in [0.4, 0.5) is 5.82 Å². The van der Waals surface area contributed by atoms with Crippen LogP contribution in [-0.2, 0) is 11.3 Å². The lowest BCUT2D eigenvalue weighted by atomic mass is 10.00. The van der Waals surface area contributed by atoms with E-state index in [0.717, 1.165) is 27.8 Å². The van der Waals surface area contributed by atoms with Gasteiger partial charge in [-0.3, -0.25) is 4.79 Å². The maximum Gasteiger partial charge on any atom is 0.245 e. The highest BCUT2D eigenvalue weighted by Gasteiger charge is 2.27. The van der Waals surface area contributed by atoms with Gasteiger partial charge in [-0.15, -0.1) is 0 Å². The Kier molecular flexibility index (Phi) is 2.69. The molecular formula is C18H10N4O. The zero-order valence-corrected chi connectivity index (χ0v) is 12.0. The van der Waals surface area contributed by atoms with Crippen molar-refractivity contribution in [3.05, 3.63) is 53.6 Å². The molecule has 1 amide bonds. The van der Waals surface area contributed by atoms with Crippen molar-refractivity contribution < 1.29 is 4.79 Å². The molecule has 23 heavy (non-hydrogen) atoms. The number of amides is 1. The van der Waals surface area contributed by atoms with Crippen molar-refractivity contribution in [3.63, 3.8) is 0 Å². The van der Waals surface area contributed by atoms with E-state index in [4.69, 9.17) is 0 Å². The van der Waals surface area contributed by atoms with Gasteiger partial charge in [-0.1, -0.05) is 30.3 Å². The Morgan fingerprint density at radius 1 is 1.04 bits per heavy atom. The Morgan fingerprint density at radius 2 is 1.74 bits per heavy atom. The highest BCUT2D eigenvalue weighted by Crippen LogP contribution is 2.41. The normalized spacial score (nSPS) is 12.5. The maximum absolute atomic E-state index is 11.8. The molecule has 0 unspecified atom stereocenters. The second-order valence-corrected chi connectivity index (χ2v) is 5.36. The molecule has 4 rings (SSSR count). The van der Waals surface area contributed by atoms with Crippen LogP contribution in [0, 0.1) is 22.7 Å². The molecule has 0 atom stereocenters. The maximum atomic E-state index is 11.8. The lowest BCUT2D eigenvalue weighted by Crippen LogP contribution is -2.06. The first kappa shape index (κ1) is 13.1. The van der Waals surface area contributed by atoms with Gasteiger partial charge in [-0.25, -0.2) is 0 Å². The smallest absolute Gasteiger partial charge is 0.245 e. The number of aromatic nitrogens is 1. The average Bonchev–Trinajstić information content (AvgIpc) is 3.08. The van der Waals surface area contributed by atoms with Crippen LogP contribution in [0.5, 0.6) is 0 Å². The number of benzene rings is 2. The number of nitrogens with zero attached hydrogens (tertiary/aromatic N) is 3. The standard InChI is InChI=1S/C18H10N4O/c19-8-12-6-14-15(7-13(12)9-20)22-10-16(23)21-18(22)17(14)11-4-2-1-3-5-11/h1-7H,10H2,(H,21,23). The zero-order chi connectivity index (χ0) is 16.0. The molecule has 1 N–H and O–H groups in total. The Morgan fingerprint density at radius 3 is 2.43 bits per heavy atom. The van der Waals surface area contributed by atoms with Crippen LogP contribution in [0.2, 0.25) is 0 Å². The van der Waals surface area contributed by atoms with Gasteiger partial charge in [0.1, 0.15) is 24.5 Å². The number of nitrogens with one attached hydrogen (secondary N) is 1. The van der Waals surface area contributed by atoms with E-state index in [1.807, 2.05) is 41.0 Å². The summed E-state index contributed by atoms with van der Waals surface area (Å²) < 4.78 is 1.86. The third kappa shape index (κ3) is 1.81. The van der Waals surface area contributed by atoms with Crippen molar-refractivity contribution in [1.82, 2.24) is 4.57 Å². The molecule has 2 heterocycles. The van der Waals surface area contributed by atoms with Crippen LogP contribution in [0.25, 0.3) is 22.0 Å². The lowest BCUT2D eigenvalue weighted by molar-refractivity contribution is -0.115. The van der Waals surface area contributed by atoms with Gasteiger partial charge < -0.3 is 9.88 Å². The molecule has 108 valence electrons. The van der Waals surface area contributed by atoms with Crippen molar-refractivity contribution >= 4 is 22.6 Å². The van der Waals surface area contributed by atoms with Crippen LogP contribution >= 0.6 is 0 Å². The van der Waals surface area contributed by atoms with E-state index in [0.29, 0.717) is 11.1 Å². The predicted molar refractivity (Wildman–Crippen MR) is 85.4 cm³/mol. The van der Waals surface area contributed by atoms with E-state index in [1.165, 1.54) is 0 Å². The fourth-order valence-electron chi connectivity index (χ4n) is 3.09. The highest BCUT2D eigenvalue weighted by atomic mass is 16.2. The van der Waals surface area contributed by atoms with Gasteiger partial charge in [-0.05, 0) is 17.7 Å². The van der Waals surface area contributed by atoms with Gasteiger partial charge >= 0.3 is 0 Å². The van der Waals surface area contributed by atoms with Crippen molar-refractivity contribution in [2.24, 2.45) is 0 Å². The van der Waals surface area contributed by atoms with E-state index in [-0.39, 0.29) is 12.5 Å². The summed E-state index contributed by atoms with van der Waals surface area (Å²) in [6, 6.07) is 17.2. The number of fused-ring (bicyclic) bond motifs is 3. The molecule has 0 saturated carbocycles. The summed E-state index contributed by atoms with van der Waals surface area (Å²) in [6.07, 6.45) is 0. The molecule has 1 aliphatic heterocycles. The Balaban J connectivity index is 2.14. The SMILES string of the molecule is N#Cc1cc2c(-c3ccccc3)c3n(c2cc1C#N)CC(=O)N3. The van der Waals surface area contributed by atoms with Crippen LogP contribution in [0.15, 0.2) is 42.5 Å². The summed E-state index contributed by atoms with van der Waals surface area (Å²) in [4.78, 5) is 11.8. The molecule has 5 heteroatoms. The molecule has 0 aliphatic carbocycles. The van der Waals surface area contributed by atoms with E-state index in [9.17, 15) is 15.3 Å². The van der Waals surface area contributed by atoms with Crippen LogP contribution < -0.4 is 5.32 Å². The minimum Gasteiger partial charge on any atom is -0.317 e. The monoisotopic (exact) mass is 298 g/mol. The number of rotatable bonds is 1. The van der Waals surface area contributed by atoms with Crippen molar-refractivity contribution in [1.29, 1.82) is 10.5 Å². The van der Waals surface area contributed by atoms with Gasteiger partial charge in [0.2, 0.25) is 5.91 Å². The molecule has 3 aromatic rings. The fraction of sp³-hybridized carbons (Fsp3) is 0.0556. The minimum atomic E-state index is -0.0815. The summed E-state index contributed by atoms with van der Waals surface area (Å²) in [5, 5.41) is 22.3. The second kappa shape index (κ2) is 4.72. The first-order valence-corrected chi connectivity index (χ1v) is 7.08. The summed E-state index contributed by atoms with van der Waals surface area (Å²) in [7, 11) is 0. The third-order valence-electron chi connectivity index (χ3n) is 4.07. The largest absolute Gasteiger partial charge is 0.317 e. The van der Waals surface area contributed by atoms with Gasteiger partial charge in [-0.2, -0.15) is 10.5 Å². The molecule has 2 aromatic carbocycles. The summed E-state index contributed by atoms with van der Waals surface area (Å²) >= 11 is 0. The molecule has 5 nitrogen and oxygen atoms in total. The van der Waals surface area contributed by atoms with E-state index in [1.54, 1.807) is 12.1 Å². The van der Waals surface area contributed by atoms with E-state index in [2.05, 4.69) is 11.4 Å². The molecule has 0 saturated heterocycles. The Labute approximate surface area is 132 Å². The quantitative estimate of drug-likeness (QED) is 0.749. The molecule has 1 aliphatic rings. The molecule has 0 spiro atoms. The van der Waals surface area contributed by atoms with Crippen LogP contribution in [0.1, 0.15) is 11.1 Å². The van der Waals surface area contributed by atoms with E-state index < -0.39 is 0 Å². The molecule has 1 aromatic heterocycles. The molecule has 0 radical (unpaired) electrons. The topological polar surface area (TPSA) is 81.6 Å². The highest BCUT2D eigenvalue weighted by molar-refractivity contribution is 6.11. The molecule has 0 bridgehead atoms. The summed E-state index contributed by atoms with van der Waals surface area (Å²) in [6.45, 7) is 0.218. The first-order chi connectivity index (χ1) is 11.2. The number of hydrogen-bond donors (Lipinski definition) is 1. The number of carbonyl (C=O) groups excluding carboxylic acids is 1. The Bertz CT molecular complexity index is 1050.